The van der Waals surface area contributed by atoms with Crippen LogP contribution in [-0.2, 0) is 6.54 Å². The smallest absolute Gasteiger partial charge is 0.146 e. The van der Waals surface area contributed by atoms with Crippen molar-refractivity contribution in [3.05, 3.63) is 40.0 Å². The fourth-order valence-electron chi connectivity index (χ4n) is 1.61. The summed E-state index contributed by atoms with van der Waals surface area (Å²) < 4.78 is 0. The molecular weight excluding hydrogens is 232 g/mol. The van der Waals surface area contributed by atoms with E-state index in [1.54, 1.807) is 23.0 Å². The maximum atomic E-state index is 9.14. The average Bonchev–Trinajstić information content (AvgIpc) is 2.81. The van der Waals surface area contributed by atoms with E-state index in [0.717, 1.165) is 11.3 Å². The zero-order valence-electron chi connectivity index (χ0n) is 9.71. The number of hydrogen-bond acceptors (Lipinski definition) is 5. The van der Waals surface area contributed by atoms with Gasteiger partial charge in [-0.1, -0.05) is 0 Å². The van der Waals surface area contributed by atoms with Gasteiger partial charge in [-0.3, -0.25) is 0 Å². The Bertz CT molecular complexity index is 542. The predicted molar refractivity (Wildman–Crippen MR) is 67.9 cm³/mol. The van der Waals surface area contributed by atoms with Crippen molar-refractivity contribution in [3.8, 4) is 6.07 Å². The topological polar surface area (TPSA) is 52.8 Å². The minimum absolute atomic E-state index is 0.630. The molecule has 0 amide bonds. The molecule has 0 atom stereocenters. The highest BCUT2D eigenvalue weighted by molar-refractivity contribution is 7.07. The summed E-state index contributed by atoms with van der Waals surface area (Å²) in [5, 5.41) is 11.1. The van der Waals surface area contributed by atoms with E-state index in [1.165, 1.54) is 0 Å². The Morgan fingerprint density at radius 1 is 1.47 bits per heavy atom. The van der Waals surface area contributed by atoms with E-state index in [9.17, 15) is 0 Å². The van der Waals surface area contributed by atoms with Crippen LogP contribution in [0, 0.1) is 18.3 Å². The normalized spacial score (nSPS) is 9.94. The van der Waals surface area contributed by atoms with Gasteiger partial charge in [0.15, 0.2) is 0 Å². The second-order valence-electron chi connectivity index (χ2n) is 3.77. The van der Waals surface area contributed by atoms with Crippen molar-refractivity contribution in [1.29, 1.82) is 5.26 Å². The molecule has 0 aromatic carbocycles. The maximum Gasteiger partial charge on any atom is 0.146 e. The van der Waals surface area contributed by atoms with Gasteiger partial charge in [-0.05, 0) is 18.6 Å². The van der Waals surface area contributed by atoms with E-state index in [4.69, 9.17) is 5.26 Å². The van der Waals surface area contributed by atoms with E-state index in [2.05, 4.69) is 16.0 Å². The summed E-state index contributed by atoms with van der Waals surface area (Å²) in [6.45, 7) is 2.58. The molecule has 0 spiro atoms. The highest BCUT2D eigenvalue weighted by Crippen LogP contribution is 2.20. The van der Waals surface area contributed by atoms with Gasteiger partial charge >= 0.3 is 0 Å². The van der Waals surface area contributed by atoms with Gasteiger partial charge in [-0.15, -0.1) is 11.3 Å². The Kier molecular flexibility index (Phi) is 3.35. The summed E-state index contributed by atoms with van der Waals surface area (Å²) in [5.74, 6) is 0.709. The summed E-state index contributed by atoms with van der Waals surface area (Å²) >= 11 is 1.57. The maximum absolute atomic E-state index is 9.14. The second-order valence-corrected chi connectivity index (χ2v) is 4.49. The van der Waals surface area contributed by atoms with E-state index in [-0.39, 0.29) is 0 Å². The number of aryl methyl sites for hydroxylation is 1. The molecule has 86 valence electrons. The quantitative estimate of drug-likeness (QED) is 0.831. The molecule has 2 aromatic rings. The number of nitriles is 1. The first-order chi connectivity index (χ1) is 8.22. The van der Waals surface area contributed by atoms with Crippen LogP contribution in [0.2, 0.25) is 0 Å². The Balaban J connectivity index is 2.28. The Morgan fingerprint density at radius 3 is 2.94 bits per heavy atom. The molecule has 0 fully saturated rings. The molecule has 0 saturated heterocycles. The zero-order chi connectivity index (χ0) is 12.3. The number of pyridine rings is 1. The Labute approximate surface area is 104 Å². The third-order valence-corrected chi connectivity index (χ3v) is 3.13. The van der Waals surface area contributed by atoms with Crippen LogP contribution in [0.15, 0.2) is 23.2 Å². The minimum atomic E-state index is 0.630. The van der Waals surface area contributed by atoms with Crippen molar-refractivity contribution in [2.24, 2.45) is 0 Å². The molecule has 5 heteroatoms. The SMILES string of the molecule is Cc1ccnc(N(C)Cc2cscn2)c1C#N. The van der Waals surface area contributed by atoms with Crippen molar-refractivity contribution in [2.75, 3.05) is 11.9 Å². The number of hydrogen-bond donors (Lipinski definition) is 0. The molecule has 2 aromatic heterocycles. The third-order valence-electron chi connectivity index (χ3n) is 2.50. The van der Waals surface area contributed by atoms with E-state index in [0.29, 0.717) is 17.9 Å². The van der Waals surface area contributed by atoms with Crippen LogP contribution < -0.4 is 4.90 Å². The fraction of sp³-hybridized carbons (Fsp3) is 0.250. The van der Waals surface area contributed by atoms with Gasteiger partial charge in [-0.2, -0.15) is 5.26 Å². The van der Waals surface area contributed by atoms with E-state index < -0.39 is 0 Å². The number of anilines is 1. The van der Waals surface area contributed by atoms with Crippen LogP contribution in [0.3, 0.4) is 0 Å². The first kappa shape index (κ1) is 11.6. The minimum Gasteiger partial charge on any atom is -0.353 e. The molecule has 0 radical (unpaired) electrons. The first-order valence-corrected chi connectivity index (χ1v) is 6.10. The molecule has 4 nitrogen and oxygen atoms in total. The summed E-state index contributed by atoms with van der Waals surface area (Å²) in [4.78, 5) is 10.4. The first-order valence-electron chi connectivity index (χ1n) is 5.16. The van der Waals surface area contributed by atoms with Gasteiger partial charge in [0, 0.05) is 18.6 Å². The van der Waals surface area contributed by atoms with Gasteiger partial charge < -0.3 is 4.90 Å². The van der Waals surface area contributed by atoms with Crippen molar-refractivity contribution in [3.63, 3.8) is 0 Å². The number of nitrogens with zero attached hydrogens (tertiary/aromatic N) is 4. The number of rotatable bonds is 3. The summed E-state index contributed by atoms with van der Waals surface area (Å²) in [5.41, 5.74) is 4.37. The van der Waals surface area contributed by atoms with Gasteiger partial charge in [0.1, 0.15) is 11.9 Å². The molecule has 2 rings (SSSR count). The third kappa shape index (κ3) is 2.43. The lowest BCUT2D eigenvalue weighted by molar-refractivity contribution is 0.870. The average molecular weight is 244 g/mol. The lowest BCUT2D eigenvalue weighted by atomic mass is 10.1. The predicted octanol–water partition coefficient (Wildman–Crippen LogP) is 2.35. The molecule has 0 N–H and O–H groups in total. The van der Waals surface area contributed by atoms with Crippen molar-refractivity contribution >= 4 is 17.2 Å². The fourth-order valence-corrected chi connectivity index (χ4v) is 2.15. The Hall–Kier alpha value is -1.93. The molecule has 0 aliphatic rings. The Morgan fingerprint density at radius 2 is 2.29 bits per heavy atom. The lowest BCUT2D eigenvalue weighted by Crippen LogP contribution is -2.19. The van der Waals surface area contributed by atoms with Gasteiger partial charge in [0.25, 0.3) is 0 Å². The monoisotopic (exact) mass is 244 g/mol. The highest BCUT2D eigenvalue weighted by atomic mass is 32.1. The van der Waals surface area contributed by atoms with Crippen LogP contribution in [0.25, 0.3) is 0 Å². The van der Waals surface area contributed by atoms with E-state index >= 15 is 0 Å². The standard InChI is InChI=1S/C12H12N4S/c1-9-3-4-14-12(11(9)5-13)16(2)6-10-7-17-8-15-10/h3-4,7-8H,6H2,1-2H3. The van der Waals surface area contributed by atoms with Gasteiger partial charge in [0.05, 0.1) is 23.3 Å². The molecule has 0 aliphatic heterocycles. The number of thiazole rings is 1. The van der Waals surface area contributed by atoms with Gasteiger partial charge in [0.2, 0.25) is 0 Å². The highest BCUT2D eigenvalue weighted by Gasteiger charge is 2.11. The van der Waals surface area contributed by atoms with Crippen LogP contribution in [0.5, 0.6) is 0 Å². The van der Waals surface area contributed by atoms with Crippen molar-refractivity contribution < 1.29 is 0 Å². The summed E-state index contributed by atoms with van der Waals surface area (Å²) in [7, 11) is 1.92. The van der Waals surface area contributed by atoms with Crippen LogP contribution in [0.4, 0.5) is 5.82 Å². The molecule has 0 saturated carbocycles. The molecule has 17 heavy (non-hydrogen) atoms. The van der Waals surface area contributed by atoms with E-state index in [1.807, 2.05) is 30.3 Å². The molecule has 0 aliphatic carbocycles. The second kappa shape index (κ2) is 4.93. The van der Waals surface area contributed by atoms with Crippen LogP contribution in [-0.4, -0.2) is 17.0 Å². The molecule has 2 heterocycles. The lowest BCUT2D eigenvalue weighted by Gasteiger charge is -2.18. The van der Waals surface area contributed by atoms with Gasteiger partial charge in [-0.25, -0.2) is 9.97 Å². The van der Waals surface area contributed by atoms with Crippen molar-refractivity contribution in [2.45, 2.75) is 13.5 Å². The summed E-state index contributed by atoms with van der Waals surface area (Å²) in [6, 6.07) is 4.05. The van der Waals surface area contributed by atoms with Crippen LogP contribution in [0.1, 0.15) is 16.8 Å². The zero-order valence-corrected chi connectivity index (χ0v) is 10.5. The van der Waals surface area contributed by atoms with Crippen molar-refractivity contribution in [1.82, 2.24) is 9.97 Å². The van der Waals surface area contributed by atoms with Crippen LogP contribution >= 0.6 is 11.3 Å². The number of aromatic nitrogens is 2. The molecule has 0 bridgehead atoms. The largest absolute Gasteiger partial charge is 0.353 e. The summed E-state index contributed by atoms with van der Waals surface area (Å²) in [6.07, 6.45) is 1.73. The molecule has 0 unspecified atom stereocenters. The molecular formula is C12H12N4S.